The summed E-state index contributed by atoms with van der Waals surface area (Å²) in [6.07, 6.45) is 0. The topological polar surface area (TPSA) is 26.8 Å². The number of para-hydroxylation sites is 1. The van der Waals surface area contributed by atoms with Crippen molar-refractivity contribution in [3.05, 3.63) is 149 Å². The van der Waals surface area contributed by atoms with Gasteiger partial charge in [-0.3, -0.25) is 0 Å². The van der Waals surface area contributed by atoms with Gasteiger partial charge in [-0.05, 0) is 64.0 Å². The van der Waals surface area contributed by atoms with E-state index in [2.05, 4.69) is 94.8 Å². The molecule has 8 aromatic rings. The van der Waals surface area contributed by atoms with Crippen LogP contribution in [0, 0.1) is 13.1 Å². The van der Waals surface area contributed by atoms with Crippen molar-refractivity contribution in [1.29, 1.82) is 0 Å². The zero-order chi connectivity index (χ0) is 30.4. The average molecular weight is 576 g/mol. The van der Waals surface area contributed by atoms with Gasteiger partial charge in [0.25, 0.3) is 0 Å². The van der Waals surface area contributed by atoms with Crippen LogP contribution in [0.1, 0.15) is 25.0 Å². The van der Waals surface area contributed by atoms with Gasteiger partial charge < -0.3 is 8.98 Å². The van der Waals surface area contributed by atoms with E-state index < -0.39 is 0 Å². The molecule has 9 rings (SSSR count). The third-order valence-corrected chi connectivity index (χ3v) is 9.64. The first kappa shape index (κ1) is 25.4. The molecule has 1 aliphatic rings. The fourth-order valence-electron chi connectivity index (χ4n) is 7.57. The highest BCUT2D eigenvalue weighted by Gasteiger charge is 2.37. The molecule has 0 radical (unpaired) electrons. The number of nitrogens with zero attached hydrogens (tertiary/aromatic N) is 3. The summed E-state index contributed by atoms with van der Waals surface area (Å²) >= 11 is 0. The Bertz CT molecular complexity index is 2650. The molecule has 2 aromatic heterocycles. The van der Waals surface area contributed by atoms with E-state index in [0.29, 0.717) is 11.4 Å². The normalized spacial score (nSPS) is 13.2. The van der Waals surface area contributed by atoms with Crippen molar-refractivity contribution in [3.8, 4) is 27.9 Å². The molecule has 2 heterocycles. The van der Waals surface area contributed by atoms with Gasteiger partial charge in [-0.15, -0.1) is 0 Å². The molecule has 0 bridgehead atoms. The molecule has 0 fully saturated rings. The van der Waals surface area contributed by atoms with Crippen LogP contribution in [-0.4, -0.2) is 4.57 Å². The Kier molecular flexibility index (Phi) is 5.06. The number of hydrogen-bond acceptors (Lipinski definition) is 1. The summed E-state index contributed by atoms with van der Waals surface area (Å²) in [5, 5.41) is 4.20. The molecule has 6 aromatic carbocycles. The first-order valence-electron chi connectivity index (χ1n) is 15.0. The van der Waals surface area contributed by atoms with Gasteiger partial charge in [-0.1, -0.05) is 92.7 Å². The van der Waals surface area contributed by atoms with Crippen molar-refractivity contribution in [2.24, 2.45) is 0 Å². The highest BCUT2D eigenvalue weighted by Crippen LogP contribution is 2.53. The van der Waals surface area contributed by atoms with Gasteiger partial charge in [0.15, 0.2) is 11.4 Å². The predicted molar refractivity (Wildman–Crippen MR) is 184 cm³/mol. The minimum absolute atomic E-state index is 0.106. The fourth-order valence-corrected chi connectivity index (χ4v) is 7.57. The fraction of sp³-hybridized carbons (Fsp3) is 0.0732. The van der Waals surface area contributed by atoms with Crippen LogP contribution in [0.5, 0.6) is 0 Å². The van der Waals surface area contributed by atoms with Crippen molar-refractivity contribution < 1.29 is 4.42 Å². The zero-order valence-electron chi connectivity index (χ0n) is 24.7. The molecule has 0 saturated carbocycles. The maximum absolute atomic E-state index is 8.15. The minimum Gasteiger partial charge on any atom is -0.455 e. The molecule has 45 heavy (non-hydrogen) atoms. The number of aromatic nitrogens is 1. The Labute approximate surface area is 260 Å². The smallest absolute Gasteiger partial charge is 0.196 e. The van der Waals surface area contributed by atoms with Crippen molar-refractivity contribution in [1.82, 2.24) is 4.57 Å². The molecule has 4 nitrogen and oxygen atoms in total. The van der Waals surface area contributed by atoms with Gasteiger partial charge in [0, 0.05) is 38.4 Å². The molecule has 1 aliphatic carbocycles. The Morgan fingerprint density at radius 1 is 0.622 bits per heavy atom. The highest BCUT2D eigenvalue weighted by atomic mass is 16.3. The lowest BCUT2D eigenvalue weighted by molar-refractivity contribution is 0.653. The van der Waals surface area contributed by atoms with Crippen LogP contribution in [0.2, 0.25) is 0 Å². The predicted octanol–water partition coefficient (Wildman–Crippen LogP) is 11.8. The number of furan rings is 1. The molecule has 0 amide bonds. The second kappa shape index (κ2) is 8.96. The summed E-state index contributed by atoms with van der Waals surface area (Å²) < 4.78 is 8.87. The van der Waals surface area contributed by atoms with E-state index in [-0.39, 0.29) is 5.41 Å². The van der Waals surface area contributed by atoms with Crippen molar-refractivity contribution >= 4 is 55.1 Å². The van der Waals surface area contributed by atoms with Crippen LogP contribution >= 0.6 is 0 Å². The molecule has 0 aliphatic heterocycles. The third kappa shape index (κ3) is 3.34. The Morgan fingerprint density at radius 2 is 1.44 bits per heavy atom. The van der Waals surface area contributed by atoms with Gasteiger partial charge in [0.2, 0.25) is 0 Å². The summed E-state index contributed by atoms with van der Waals surface area (Å²) in [6, 6.07) is 39.4. The Balaban J connectivity index is 1.33. The maximum Gasteiger partial charge on any atom is 0.196 e. The molecule has 0 saturated heterocycles. The van der Waals surface area contributed by atoms with Gasteiger partial charge in [0.05, 0.1) is 24.2 Å². The van der Waals surface area contributed by atoms with Crippen LogP contribution in [-0.2, 0) is 5.41 Å². The molecule has 0 atom stereocenters. The van der Waals surface area contributed by atoms with E-state index >= 15 is 0 Å². The van der Waals surface area contributed by atoms with E-state index in [1.165, 1.54) is 22.3 Å². The summed E-state index contributed by atoms with van der Waals surface area (Å²) in [6.45, 7) is 20.3. The zero-order valence-corrected chi connectivity index (χ0v) is 24.7. The number of fused-ring (bicyclic) bond motifs is 10. The molecule has 0 N–H and O–H groups in total. The van der Waals surface area contributed by atoms with E-state index in [4.69, 9.17) is 17.6 Å². The SMILES string of the molecule is [C-]#[N+]c1ccc2c(c1)c1ccccc1n2-c1cccc([N+]#[C-])c1-c1ccc2oc3c4c(ccc3c2c1)C(C)(C)c1ccccc1-4. The monoisotopic (exact) mass is 575 g/mol. The molecule has 0 unspecified atom stereocenters. The summed E-state index contributed by atoms with van der Waals surface area (Å²) in [5.74, 6) is 0. The molecule has 0 spiro atoms. The van der Waals surface area contributed by atoms with Gasteiger partial charge in [-0.25, -0.2) is 9.69 Å². The van der Waals surface area contributed by atoms with Crippen LogP contribution < -0.4 is 0 Å². The first-order chi connectivity index (χ1) is 22.0. The van der Waals surface area contributed by atoms with Crippen LogP contribution in [0.4, 0.5) is 11.4 Å². The second-order valence-corrected chi connectivity index (χ2v) is 12.3. The molecular formula is C41H25N3O. The van der Waals surface area contributed by atoms with E-state index in [1.54, 1.807) is 0 Å². The Hall–Kier alpha value is -6.10. The van der Waals surface area contributed by atoms with Gasteiger partial charge in [0.1, 0.15) is 11.2 Å². The first-order valence-corrected chi connectivity index (χ1v) is 15.0. The Morgan fingerprint density at radius 3 is 2.31 bits per heavy atom. The van der Waals surface area contributed by atoms with E-state index in [0.717, 1.165) is 60.6 Å². The summed E-state index contributed by atoms with van der Waals surface area (Å²) in [4.78, 5) is 7.68. The lowest BCUT2D eigenvalue weighted by Gasteiger charge is -2.21. The quantitative estimate of drug-likeness (QED) is 0.188. The van der Waals surface area contributed by atoms with Crippen molar-refractivity contribution in [2.75, 3.05) is 0 Å². The number of hydrogen-bond donors (Lipinski definition) is 0. The second-order valence-electron chi connectivity index (χ2n) is 12.3. The van der Waals surface area contributed by atoms with Crippen LogP contribution in [0.3, 0.4) is 0 Å². The molecular weight excluding hydrogens is 550 g/mol. The van der Waals surface area contributed by atoms with E-state index in [1.807, 2.05) is 48.5 Å². The maximum atomic E-state index is 8.15. The third-order valence-electron chi connectivity index (χ3n) is 9.64. The largest absolute Gasteiger partial charge is 0.455 e. The number of rotatable bonds is 2. The summed E-state index contributed by atoms with van der Waals surface area (Å²) in [7, 11) is 0. The summed E-state index contributed by atoms with van der Waals surface area (Å²) in [5.41, 5.74) is 12.6. The lowest BCUT2D eigenvalue weighted by Crippen LogP contribution is -2.14. The van der Waals surface area contributed by atoms with Crippen LogP contribution in [0.25, 0.3) is 81.4 Å². The standard InChI is InChI=1S/C41H25N3O/c1-41(2)31-12-7-5-11-28(31)39-32(41)19-18-27-30-22-24(16-21-37(30)45-40(27)39)38-33(43-4)13-9-15-36(38)44-34-14-8-6-10-26(34)29-23-25(42-3)17-20-35(29)44/h5-23H,1-2H3. The molecule has 4 heteroatoms. The molecule has 210 valence electrons. The van der Waals surface area contributed by atoms with Gasteiger partial charge >= 0.3 is 0 Å². The van der Waals surface area contributed by atoms with Crippen molar-refractivity contribution in [2.45, 2.75) is 19.3 Å². The van der Waals surface area contributed by atoms with Gasteiger partial charge in [-0.2, -0.15) is 0 Å². The van der Waals surface area contributed by atoms with Crippen LogP contribution in [0.15, 0.2) is 120 Å². The highest BCUT2D eigenvalue weighted by molar-refractivity contribution is 6.14. The van der Waals surface area contributed by atoms with E-state index in [9.17, 15) is 0 Å². The number of benzene rings is 6. The minimum atomic E-state index is -0.106. The van der Waals surface area contributed by atoms with Crippen molar-refractivity contribution in [3.63, 3.8) is 0 Å². The average Bonchev–Trinajstić information content (AvgIpc) is 3.69. The lowest BCUT2D eigenvalue weighted by atomic mass is 9.82.